The summed E-state index contributed by atoms with van der Waals surface area (Å²) in [5, 5.41) is 11.6. The zero-order chi connectivity index (χ0) is 20.2. The second kappa shape index (κ2) is 9.09. The predicted octanol–water partition coefficient (Wildman–Crippen LogP) is 2.05. The maximum Gasteiger partial charge on any atom is 0.293 e. The summed E-state index contributed by atoms with van der Waals surface area (Å²) in [6.45, 7) is 9.37. The van der Waals surface area contributed by atoms with Gasteiger partial charge < -0.3 is 14.7 Å². The van der Waals surface area contributed by atoms with Gasteiger partial charge in [-0.05, 0) is 50.9 Å². The molecule has 0 saturated carbocycles. The highest BCUT2D eigenvalue weighted by molar-refractivity contribution is 5.96. The zero-order valence-electron chi connectivity index (χ0n) is 17.1. The normalized spacial score (nSPS) is 21.1. The lowest BCUT2D eigenvalue weighted by Crippen LogP contribution is -2.50. The number of hydrogen-bond acceptors (Lipinski definition) is 6. The lowest BCUT2D eigenvalue weighted by molar-refractivity contribution is -0.384. The van der Waals surface area contributed by atoms with E-state index >= 15 is 0 Å². The Labute approximate surface area is 172 Å². The molecule has 1 amide bonds. The first-order valence-corrected chi connectivity index (χ1v) is 10.9. The molecule has 0 unspecified atom stereocenters. The van der Waals surface area contributed by atoms with Gasteiger partial charge in [-0.2, -0.15) is 0 Å². The summed E-state index contributed by atoms with van der Waals surface area (Å²) in [4.78, 5) is 33.0. The number of nitro benzene ring substituents is 1. The van der Waals surface area contributed by atoms with Crippen molar-refractivity contribution in [1.29, 1.82) is 0 Å². The molecular formula is C21H31N5O3. The van der Waals surface area contributed by atoms with E-state index in [1.165, 1.54) is 32.0 Å². The maximum atomic E-state index is 12.9. The Morgan fingerprint density at radius 3 is 2.07 bits per heavy atom. The van der Waals surface area contributed by atoms with Gasteiger partial charge in [-0.3, -0.25) is 19.8 Å². The second-order valence-electron chi connectivity index (χ2n) is 8.34. The van der Waals surface area contributed by atoms with Crippen LogP contribution in [0.5, 0.6) is 0 Å². The average molecular weight is 402 g/mol. The number of hydrogen-bond donors (Lipinski definition) is 0. The van der Waals surface area contributed by atoms with Crippen molar-refractivity contribution >= 4 is 17.3 Å². The first kappa shape index (κ1) is 20.1. The molecule has 158 valence electrons. The Hall–Kier alpha value is -2.19. The van der Waals surface area contributed by atoms with E-state index in [2.05, 4.69) is 9.80 Å². The van der Waals surface area contributed by atoms with E-state index < -0.39 is 0 Å². The van der Waals surface area contributed by atoms with Gasteiger partial charge in [-0.25, -0.2) is 0 Å². The van der Waals surface area contributed by atoms with Gasteiger partial charge in [0, 0.05) is 64.0 Å². The average Bonchev–Trinajstić information content (AvgIpc) is 3.46. The van der Waals surface area contributed by atoms with Crippen LogP contribution in [0, 0.1) is 10.1 Å². The fraction of sp³-hybridized carbons (Fsp3) is 0.667. The van der Waals surface area contributed by atoms with Crippen molar-refractivity contribution < 1.29 is 9.72 Å². The number of benzene rings is 1. The number of rotatable bonds is 6. The van der Waals surface area contributed by atoms with Crippen molar-refractivity contribution in [3.05, 3.63) is 33.9 Å². The molecule has 3 heterocycles. The number of carbonyl (C=O) groups is 1. The summed E-state index contributed by atoms with van der Waals surface area (Å²) in [5.41, 5.74) is 1.10. The van der Waals surface area contributed by atoms with E-state index in [9.17, 15) is 14.9 Å². The van der Waals surface area contributed by atoms with Crippen LogP contribution in [0.2, 0.25) is 0 Å². The molecule has 0 aliphatic carbocycles. The van der Waals surface area contributed by atoms with Gasteiger partial charge in [0.1, 0.15) is 5.69 Å². The van der Waals surface area contributed by atoms with Crippen molar-refractivity contribution in [3.63, 3.8) is 0 Å². The fourth-order valence-electron chi connectivity index (χ4n) is 4.67. The number of nitro groups is 1. The molecule has 0 atom stereocenters. The van der Waals surface area contributed by atoms with E-state index in [1.54, 1.807) is 12.1 Å². The highest BCUT2D eigenvalue weighted by Crippen LogP contribution is 2.32. The first-order chi connectivity index (χ1) is 14.1. The van der Waals surface area contributed by atoms with Crippen LogP contribution < -0.4 is 4.90 Å². The summed E-state index contributed by atoms with van der Waals surface area (Å²) in [6, 6.07) is 4.97. The van der Waals surface area contributed by atoms with Crippen LogP contribution in [0.15, 0.2) is 18.2 Å². The highest BCUT2D eigenvalue weighted by atomic mass is 16.6. The minimum atomic E-state index is -0.360. The Morgan fingerprint density at radius 2 is 1.45 bits per heavy atom. The summed E-state index contributed by atoms with van der Waals surface area (Å²) >= 11 is 0. The van der Waals surface area contributed by atoms with Gasteiger partial charge in [0.15, 0.2) is 0 Å². The second-order valence-corrected chi connectivity index (χ2v) is 8.34. The first-order valence-electron chi connectivity index (χ1n) is 10.9. The molecule has 0 aromatic heterocycles. The van der Waals surface area contributed by atoms with Gasteiger partial charge in [0.05, 0.1) is 4.92 Å². The molecule has 0 radical (unpaired) electrons. The molecule has 1 aromatic rings. The minimum Gasteiger partial charge on any atom is -0.366 e. The molecule has 3 saturated heterocycles. The van der Waals surface area contributed by atoms with Crippen molar-refractivity contribution in [3.8, 4) is 0 Å². The van der Waals surface area contributed by atoms with E-state index in [4.69, 9.17) is 0 Å². The molecule has 3 aliphatic heterocycles. The molecule has 0 bridgehead atoms. The van der Waals surface area contributed by atoms with Gasteiger partial charge >= 0.3 is 0 Å². The molecule has 3 fully saturated rings. The standard InChI is InChI=1S/C21H31N5O3/c27-21(25-15-13-23(14-16-25)12-11-22-7-1-2-8-22)18-5-6-19(20(17-18)26(28)29)24-9-3-4-10-24/h5-6,17H,1-4,7-16H2. The molecule has 8 heteroatoms. The van der Waals surface area contributed by atoms with Crippen molar-refractivity contribution in [2.24, 2.45) is 0 Å². The molecule has 0 spiro atoms. The van der Waals surface area contributed by atoms with Crippen LogP contribution in [-0.4, -0.2) is 91.0 Å². The largest absolute Gasteiger partial charge is 0.366 e. The third-order valence-corrected chi connectivity index (χ3v) is 6.46. The molecule has 1 aromatic carbocycles. The van der Waals surface area contributed by atoms with Crippen LogP contribution in [0.25, 0.3) is 0 Å². The summed E-state index contributed by atoms with van der Waals surface area (Å²) in [7, 11) is 0. The van der Waals surface area contributed by atoms with E-state index in [-0.39, 0.29) is 16.5 Å². The summed E-state index contributed by atoms with van der Waals surface area (Å²) in [6.07, 6.45) is 4.73. The SMILES string of the molecule is O=C(c1ccc(N2CCCC2)c([N+](=O)[O-])c1)N1CCN(CCN2CCCC2)CC1. The summed E-state index contributed by atoms with van der Waals surface area (Å²) < 4.78 is 0. The zero-order valence-corrected chi connectivity index (χ0v) is 17.1. The molecule has 0 N–H and O–H groups in total. The molecule has 29 heavy (non-hydrogen) atoms. The Morgan fingerprint density at radius 1 is 0.862 bits per heavy atom. The molecule has 3 aliphatic rings. The number of carbonyl (C=O) groups excluding carboxylic acids is 1. The molecular weight excluding hydrogens is 370 g/mol. The van der Waals surface area contributed by atoms with Gasteiger partial charge in [0.2, 0.25) is 0 Å². The summed E-state index contributed by atoms with van der Waals surface area (Å²) in [5.74, 6) is -0.0970. The number of amides is 1. The van der Waals surface area contributed by atoms with Crippen LogP contribution >= 0.6 is 0 Å². The van der Waals surface area contributed by atoms with E-state index in [0.29, 0.717) is 24.3 Å². The third kappa shape index (κ3) is 4.70. The molecule has 8 nitrogen and oxygen atoms in total. The van der Waals surface area contributed by atoms with Crippen molar-refractivity contribution in [2.75, 3.05) is 70.3 Å². The topological polar surface area (TPSA) is 73.2 Å². The van der Waals surface area contributed by atoms with Crippen LogP contribution in [-0.2, 0) is 0 Å². The van der Waals surface area contributed by atoms with Gasteiger partial charge in [-0.1, -0.05) is 0 Å². The monoisotopic (exact) mass is 401 g/mol. The maximum absolute atomic E-state index is 12.9. The molecule has 4 rings (SSSR count). The number of anilines is 1. The lowest BCUT2D eigenvalue weighted by atomic mass is 10.1. The minimum absolute atomic E-state index is 0.0435. The van der Waals surface area contributed by atoms with Crippen LogP contribution in [0.3, 0.4) is 0 Å². The number of piperazine rings is 1. The van der Waals surface area contributed by atoms with Gasteiger partial charge in [-0.15, -0.1) is 0 Å². The highest BCUT2D eigenvalue weighted by Gasteiger charge is 2.27. The van der Waals surface area contributed by atoms with Crippen LogP contribution in [0.1, 0.15) is 36.0 Å². The quantitative estimate of drug-likeness (QED) is 0.537. The van der Waals surface area contributed by atoms with Crippen LogP contribution in [0.4, 0.5) is 11.4 Å². The smallest absolute Gasteiger partial charge is 0.293 e. The van der Waals surface area contributed by atoms with Crippen molar-refractivity contribution in [2.45, 2.75) is 25.7 Å². The Balaban J connectivity index is 1.35. The predicted molar refractivity (Wildman–Crippen MR) is 113 cm³/mol. The Bertz CT molecular complexity index is 736. The van der Waals surface area contributed by atoms with E-state index in [0.717, 1.165) is 52.1 Å². The fourth-order valence-corrected chi connectivity index (χ4v) is 4.67. The van der Waals surface area contributed by atoms with Crippen molar-refractivity contribution in [1.82, 2.24) is 14.7 Å². The number of likely N-dealkylation sites (tertiary alicyclic amines) is 1. The third-order valence-electron chi connectivity index (χ3n) is 6.46. The Kier molecular flexibility index (Phi) is 6.30. The lowest BCUT2D eigenvalue weighted by Gasteiger charge is -2.35. The van der Waals surface area contributed by atoms with Gasteiger partial charge in [0.25, 0.3) is 11.6 Å². The number of nitrogens with zero attached hydrogens (tertiary/aromatic N) is 5. The van der Waals surface area contributed by atoms with E-state index in [1.807, 2.05) is 9.80 Å².